The summed E-state index contributed by atoms with van der Waals surface area (Å²) in [4.78, 5) is 67.1. The van der Waals surface area contributed by atoms with Crippen molar-refractivity contribution in [2.24, 2.45) is 11.8 Å². The van der Waals surface area contributed by atoms with Gasteiger partial charge in [-0.05, 0) is 178 Å². The summed E-state index contributed by atoms with van der Waals surface area (Å²) in [6.07, 6.45) is 49.7. The Balaban J connectivity index is 1.08. The molecule has 102 heavy (non-hydrogen) atoms. The molecule has 7 aromatic rings. The van der Waals surface area contributed by atoms with Crippen LogP contribution < -0.4 is 9.80 Å². The lowest BCUT2D eigenvalue weighted by atomic mass is 9.87. The van der Waals surface area contributed by atoms with Crippen LogP contribution in [0.3, 0.4) is 0 Å². The van der Waals surface area contributed by atoms with Crippen LogP contribution in [0.25, 0.3) is 43.1 Å². The molecule has 0 saturated heterocycles. The molecule has 2 aliphatic heterocycles. The topological polar surface area (TPSA) is 81.2 Å². The summed E-state index contributed by atoms with van der Waals surface area (Å²) in [6.45, 7) is 9.99. The maximum atomic E-state index is 14.9. The van der Waals surface area contributed by atoms with Crippen molar-refractivity contribution < 1.29 is 19.2 Å². The summed E-state index contributed by atoms with van der Waals surface area (Å²) in [7, 11) is 8.14. The minimum atomic E-state index is -0.203. The lowest BCUT2D eigenvalue weighted by Crippen LogP contribution is -2.34. The molecule has 8 heteroatoms. The van der Waals surface area contributed by atoms with E-state index in [1.54, 1.807) is 9.80 Å². The first kappa shape index (κ1) is 78.7. The van der Waals surface area contributed by atoms with Crippen molar-refractivity contribution in [1.82, 2.24) is 9.80 Å². The number of benzene rings is 7. The molecule has 0 fully saturated rings. The molecule has 2 atom stereocenters. The van der Waals surface area contributed by atoms with Crippen molar-refractivity contribution in [3.63, 3.8) is 0 Å². The second-order valence-corrected chi connectivity index (χ2v) is 31.1. The van der Waals surface area contributed by atoms with Gasteiger partial charge >= 0.3 is 0 Å². The second kappa shape index (κ2) is 41.8. The number of nitrogens with zero attached hydrogens (tertiary/aromatic N) is 4. The predicted molar refractivity (Wildman–Crippen MR) is 435 cm³/mol. The molecule has 7 aromatic carbocycles. The Bertz CT molecular complexity index is 3590. The molecular weight excluding hydrogens is 1250 g/mol. The summed E-state index contributed by atoms with van der Waals surface area (Å²) < 4.78 is 0. The standard InChI is InChI=1S/C94H126N4O4/c1-9-13-17-21-25-29-31-35-39-43-47-73(45-41-37-33-27-23-19-15-11-3)69-97-91(99)87-65-75-61-83-81(59-53-71-49-55-79(56-50-71)95(5)6)85-63-77-67-89-90(68-78(77)64-86(85)82(84(83)62-76(75)66-88(87)92(97)100)60-54-72-51-57-80(58-52-72)96(7)8)94(102)98(93(89)101)70-74(46-42-38-34-28-24-20-16-12-4)48-44-40-36-32-30-26-22-18-14-10-2/h49-52,55-58,61-68,73-74H,9-48,69-70H2,1-8H3. The zero-order valence-electron chi connectivity index (χ0n) is 64.5. The average Bonchev–Trinajstić information content (AvgIpc) is 1.10. The van der Waals surface area contributed by atoms with E-state index in [2.05, 4.69) is 134 Å². The van der Waals surface area contributed by atoms with Crippen molar-refractivity contribution in [2.75, 3.05) is 51.1 Å². The van der Waals surface area contributed by atoms with Gasteiger partial charge in [-0.1, -0.05) is 283 Å². The van der Waals surface area contributed by atoms with Crippen molar-refractivity contribution in [3.05, 3.63) is 142 Å². The highest BCUT2D eigenvalue weighted by atomic mass is 16.2. The molecule has 0 aromatic heterocycles. The number of imide groups is 2. The zero-order valence-corrected chi connectivity index (χ0v) is 64.5. The molecule has 0 saturated carbocycles. The van der Waals surface area contributed by atoms with Gasteiger partial charge in [-0.25, -0.2) is 0 Å². The van der Waals surface area contributed by atoms with Gasteiger partial charge in [0.25, 0.3) is 23.6 Å². The van der Waals surface area contributed by atoms with E-state index >= 15 is 0 Å². The minimum absolute atomic E-state index is 0.203. The highest BCUT2D eigenvalue weighted by Gasteiger charge is 2.39. The number of hydrogen-bond donors (Lipinski definition) is 0. The highest BCUT2D eigenvalue weighted by Crippen LogP contribution is 2.41. The van der Waals surface area contributed by atoms with E-state index in [1.807, 2.05) is 52.5 Å². The maximum absolute atomic E-state index is 14.9. The smallest absolute Gasteiger partial charge is 0.261 e. The van der Waals surface area contributed by atoms with Crippen LogP contribution >= 0.6 is 0 Å². The monoisotopic (exact) mass is 1370 g/mol. The average molecular weight is 1380 g/mol. The quantitative estimate of drug-likeness (QED) is 0.0164. The largest absolute Gasteiger partial charge is 0.378 e. The van der Waals surface area contributed by atoms with E-state index in [1.165, 1.54) is 205 Å². The van der Waals surface area contributed by atoms with Gasteiger partial charge in [0, 0.05) is 74.9 Å². The molecule has 8 nitrogen and oxygen atoms in total. The van der Waals surface area contributed by atoms with Gasteiger partial charge < -0.3 is 9.80 Å². The molecule has 2 aliphatic rings. The fourth-order valence-corrected chi connectivity index (χ4v) is 16.0. The molecule has 2 unspecified atom stereocenters. The van der Waals surface area contributed by atoms with E-state index in [0.29, 0.717) is 35.3 Å². The minimum Gasteiger partial charge on any atom is -0.378 e. The normalized spacial score (nSPS) is 13.4. The number of amides is 4. The summed E-state index contributed by atoms with van der Waals surface area (Å²) in [5.74, 6) is 14.3. The van der Waals surface area contributed by atoms with Gasteiger partial charge in [0.1, 0.15) is 0 Å². The molecule has 0 bridgehead atoms. The van der Waals surface area contributed by atoms with Gasteiger partial charge in [-0.15, -0.1) is 0 Å². The van der Waals surface area contributed by atoms with E-state index < -0.39 is 0 Å². The van der Waals surface area contributed by atoms with Crippen LogP contribution in [0, 0.1) is 35.5 Å². The Morgan fingerprint density at radius 2 is 0.500 bits per heavy atom. The molecule has 0 aliphatic carbocycles. The summed E-state index contributed by atoms with van der Waals surface area (Å²) in [6, 6.07) is 33.0. The molecular formula is C94H126N4O4. The van der Waals surface area contributed by atoms with Gasteiger partial charge in [0.15, 0.2) is 0 Å². The van der Waals surface area contributed by atoms with Crippen molar-refractivity contribution in [2.45, 2.75) is 285 Å². The van der Waals surface area contributed by atoms with Crippen molar-refractivity contribution in [3.8, 4) is 23.7 Å². The van der Waals surface area contributed by atoms with Crippen LogP contribution in [0.1, 0.15) is 348 Å². The Morgan fingerprint density at radius 3 is 0.716 bits per heavy atom. The number of anilines is 2. The zero-order chi connectivity index (χ0) is 72.0. The molecule has 0 radical (unpaired) electrons. The second-order valence-electron chi connectivity index (χ2n) is 31.1. The third-order valence-corrected chi connectivity index (χ3v) is 22.4. The third kappa shape index (κ3) is 22.3. The number of carbonyl (C=O) groups excluding carboxylic acids is 4. The summed E-state index contributed by atoms with van der Waals surface area (Å²) in [5.41, 5.74) is 7.29. The molecule has 0 N–H and O–H groups in total. The van der Waals surface area contributed by atoms with Crippen molar-refractivity contribution in [1.29, 1.82) is 0 Å². The van der Waals surface area contributed by atoms with Gasteiger partial charge in [0.05, 0.1) is 22.3 Å². The van der Waals surface area contributed by atoms with Gasteiger partial charge in [0.2, 0.25) is 0 Å². The molecule has 0 spiro atoms. The maximum Gasteiger partial charge on any atom is 0.261 e. The molecule has 9 rings (SSSR count). The van der Waals surface area contributed by atoms with Gasteiger partial charge in [-0.2, -0.15) is 0 Å². The Kier molecular flexibility index (Phi) is 32.2. The van der Waals surface area contributed by atoms with Crippen LogP contribution in [-0.4, -0.2) is 74.7 Å². The first-order chi connectivity index (χ1) is 49.8. The van der Waals surface area contributed by atoms with Crippen LogP contribution in [-0.2, 0) is 0 Å². The number of fused-ring (bicyclic) bond motifs is 6. The fraction of sp³-hybridized carbons (Fsp3) is 0.553. The third-order valence-electron chi connectivity index (χ3n) is 22.4. The fourth-order valence-electron chi connectivity index (χ4n) is 16.0. The van der Waals surface area contributed by atoms with E-state index in [9.17, 15) is 19.2 Å². The SMILES string of the molecule is CCCCCCCCCCCCC(CCCCCCCCCC)CN1C(=O)c2cc3cc4c(C#Cc5ccc(N(C)C)cc5)c5cc6cc7c(cc6cc5c(C#Cc5ccc(N(C)C)cc5)c4cc3cc2C1=O)C(=O)N(CC(CCCCCCCCCC)CCCCCCCCCCCC)C7=O. The Morgan fingerprint density at radius 1 is 0.284 bits per heavy atom. The summed E-state index contributed by atoms with van der Waals surface area (Å²) in [5, 5.41) is 6.87. The molecule has 4 amide bonds. The predicted octanol–water partition coefficient (Wildman–Crippen LogP) is 25.3. The van der Waals surface area contributed by atoms with Crippen LogP contribution in [0.2, 0.25) is 0 Å². The van der Waals surface area contributed by atoms with Crippen LogP contribution in [0.15, 0.2) is 97.1 Å². The molecule has 546 valence electrons. The van der Waals surface area contributed by atoms with Gasteiger partial charge in [-0.3, -0.25) is 29.0 Å². The Hall–Kier alpha value is -7.42. The molecule has 2 heterocycles. The summed E-state index contributed by atoms with van der Waals surface area (Å²) >= 11 is 0. The first-order valence-corrected chi connectivity index (χ1v) is 41.1. The van der Waals surface area contributed by atoms with Crippen molar-refractivity contribution >= 4 is 78.1 Å². The lowest BCUT2D eigenvalue weighted by Gasteiger charge is -2.23. The van der Waals surface area contributed by atoms with E-state index in [0.717, 1.165) is 128 Å². The van der Waals surface area contributed by atoms with E-state index in [4.69, 9.17) is 0 Å². The van der Waals surface area contributed by atoms with E-state index in [-0.39, 0.29) is 35.5 Å². The lowest BCUT2D eigenvalue weighted by molar-refractivity contribution is 0.0607. The number of unbranched alkanes of at least 4 members (excludes halogenated alkanes) is 32. The van der Waals surface area contributed by atoms with Crippen LogP contribution in [0.4, 0.5) is 11.4 Å². The first-order valence-electron chi connectivity index (χ1n) is 41.1. The highest BCUT2D eigenvalue weighted by molar-refractivity contribution is 6.26. The Labute approximate surface area is 616 Å². The van der Waals surface area contributed by atoms with Crippen LogP contribution in [0.5, 0.6) is 0 Å². The number of rotatable bonds is 46. The number of carbonyl (C=O) groups is 4. The number of hydrogen-bond acceptors (Lipinski definition) is 6.